The maximum Gasteiger partial charge on any atom is 0.345 e. The number of nitrogens with zero attached hydrogens (tertiary/aromatic N) is 5. The molecule has 0 amide bonds. The average Bonchev–Trinajstić information content (AvgIpc) is 3.15. The van der Waals surface area contributed by atoms with Crippen LogP contribution >= 0.6 is 0 Å². The molecular weight excluding hydrogens is 394 g/mol. The number of aryl methyl sites for hydroxylation is 2. The second-order valence-corrected chi connectivity index (χ2v) is 9.12. The van der Waals surface area contributed by atoms with Crippen molar-refractivity contribution in [1.82, 2.24) is 29.9 Å². The number of ether oxygens (including phenoxy) is 1. The molecule has 9 heteroatoms. The van der Waals surface area contributed by atoms with Crippen LogP contribution in [-0.2, 0) is 24.2 Å². The second kappa shape index (κ2) is 10.6. The maximum absolute atomic E-state index is 12.5. The van der Waals surface area contributed by atoms with Crippen LogP contribution in [-0.4, -0.2) is 77.2 Å². The summed E-state index contributed by atoms with van der Waals surface area (Å²) in [7, 11) is 1.82. The normalized spacial score (nSPS) is 22.2. The van der Waals surface area contributed by atoms with Gasteiger partial charge in [0, 0.05) is 58.3 Å². The molecule has 0 bridgehead atoms. The topological polar surface area (TPSA) is 88.7 Å². The number of guanidine groups is 1. The third-order valence-corrected chi connectivity index (χ3v) is 7.15. The molecular formula is C22H39N7O2. The van der Waals surface area contributed by atoms with Crippen LogP contribution in [0.2, 0.25) is 0 Å². The SMILES string of the molecule is CN=C(NCCCn1nc2n(c1=O)CCCC2)NCC1(N2CCOCC2)CCCCC1. The molecule has 2 fully saturated rings. The Balaban J connectivity index is 1.25. The third-order valence-electron chi connectivity index (χ3n) is 7.15. The van der Waals surface area contributed by atoms with Gasteiger partial charge in [0.05, 0.1) is 13.2 Å². The molecule has 174 valence electrons. The molecule has 2 aliphatic heterocycles. The zero-order valence-electron chi connectivity index (χ0n) is 19.1. The zero-order chi connectivity index (χ0) is 21.5. The number of nitrogens with one attached hydrogen (secondary N) is 2. The molecule has 1 aromatic heterocycles. The molecule has 0 aromatic carbocycles. The lowest BCUT2D eigenvalue weighted by molar-refractivity contribution is -0.0352. The summed E-state index contributed by atoms with van der Waals surface area (Å²) in [5.74, 6) is 1.79. The largest absolute Gasteiger partial charge is 0.379 e. The number of hydrogen-bond donors (Lipinski definition) is 2. The van der Waals surface area contributed by atoms with E-state index >= 15 is 0 Å². The van der Waals surface area contributed by atoms with Gasteiger partial charge < -0.3 is 15.4 Å². The summed E-state index contributed by atoms with van der Waals surface area (Å²) in [6.45, 7) is 6.86. The quantitative estimate of drug-likeness (QED) is 0.379. The monoisotopic (exact) mass is 433 g/mol. The van der Waals surface area contributed by atoms with Crippen molar-refractivity contribution < 1.29 is 4.74 Å². The van der Waals surface area contributed by atoms with E-state index in [1.54, 1.807) is 4.68 Å². The van der Waals surface area contributed by atoms with Crippen molar-refractivity contribution >= 4 is 5.96 Å². The smallest absolute Gasteiger partial charge is 0.345 e. The highest BCUT2D eigenvalue weighted by Crippen LogP contribution is 2.33. The van der Waals surface area contributed by atoms with Crippen molar-refractivity contribution in [1.29, 1.82) is 0 Å². The maximum atomic E-state index is 12.5. The van der Waals surface area contributed by atoms with E-state index in [0.29, 0.717) is 6.54 Å². The first kappa shape index (κ1) is 22.3. The average molecular weight is 434 g/mol. The minimum atomic E-state index is 0.0435. The minimum absolute atomic E-state index is 0.0435. The summed E-state index contributed by atoms with van der Waals surface area (Å²) in [6.07, 6.45) is 10.4. The Bertz CT molecular complexity index is 788. The molecule has 1 saturated heterocycles. The summed E-state index contributed by atoms with van der Waals surface area (Å²) in [5.41, 5.74) is 0.254. The molecule has 31 heavy (non-hydrogen) atoms. The van der Waals surface area contributed by atoms with Crippen LogP contribution in [0.1, 0.15) is 57.2 Å². The Morgan fingerprint density at radius 2 is 1.90 bits per heavy atom. The molecule has 3 heterocycles. The van der Waals surface area contributed by atoms with Gasteiger partial charge in [0.2, 0.25) is 0 Å². The molecule has 3 aliphatic rings. The van der Waals surface area contributed by atoms with Gasteiger partial charge in [-0.3, -0.25) is 14.5 Å². The first-order chi connectivity index (χ1) is 15.2. The van der Waals surface area contributed by atoms with Crippen LogP contribution in [0, 0.1) is 0 Å². The first-order valence-electron chi connectivity index (χ1n) is 12.2. The van der Waals surface area contributed by atoms with Gasteiger partial charge in [0.1, 0.15) is 5.82 Å². The number of aliphatic imine (C=N–C) groups is 1. The second-order valence-electron chi connectivity index (χ2n) is 9.12. The van der Waals surface area contributed by atoms with E-state index in [2.05, 4.69) is 25.6 Å². The van der Waals surface area contributed by atoms with E-state index in [9.17, 15) is 4.79 Å². The molecule has 2 N–H and O–H groups in total. The summed E-state index contributed by atoms with van der Waals surface area (Å²) in [4.78, 5) is 19.5. The summed E-state index contributed by atoms with van der Waals surface area (Å²) < 4.78 is 9.06. The predicted molar refractivity (Wildman–Crippen MR) is 122 cm³/mol. The van der Waals surface area contributed by atoms with Crippen LogP contribution in [0.5, 0.6) is 0 Å². The van der Waals surface area contributed by atoms with Gasteiger partial charge in [-0.05, 0) is 32.1 Å². The highest BCUT2D eigenvalue weighted by atomic mass is 16.5. The van der Waals surface area contributed by atoms with E-state index in [1.165, 1.54) is 32.1 Å². The fraction of sp³-hybridized carbons (Fsp3) is 0.864. The van der Waals surface area contributed by atoms with Crippen molar-refractivity contribution in [2.45, 2.75) is 76.4 Å². The Morgan fingerprint density at radius 3 is 2.65 bits per heavy atom. The Hall–Kier alpha value is -1.87. The molecule has 0 unspecified atom stereocenters. The highest BCUT2D eigenvalue weighted by molar-refractivity contribution is 5.79. The van der Waals surface area contributed by atoms with Gasteiger partial charge in [-0.15, -0.1) is 0 Å². The lowest BCUT2D eigenvalue weighted by Crippen LogP contribution is -2.60. The molecule has 1 aromatic rings. The van der Waals surface area contributed by atoms with E-state index < -0.39 is 0 Å². The van der Waals surface area contributed by atoms with Crippen LogP contribution in [0.15, 0.2) is 9.79 Å². The van der Waals surface area contributed by atoms with Crippen LogP contribution in [0.25, 0.3) is 0 Å². The molecule has 1 aliphatic carbocycles. The standard InChI is InChI=1S/C22H39N7O2/c1-23-20(24-11-7-13-29-21(30)28-12-6-3-8-19(28)26-29)25-18-22(9-4-2-5-10-22)27-14-16-31-17-15-27/h2-18H2,1H3,(H2,23,24,25). The molecule has 9 nitrogen and oxygen atoms in total. The number of hydrogen-bond acceptors (Lipinski definition) is 5. The van der Waals surface area contributed by atoms with Crippen molar-refractivity contribution in [2.75, 3.05) is 46.4 Å². The highest BCUT2D eigenvalue weighted by Gasteiger charge is 2.38. The zero-order valence-corrected chi connectivity index (χ0v) is 19.1. The lowest BCUT2D eigenvalue weighted by Gasteiger charge is -2.48. The van der Waals surface area contributed by atoms with Crippen molar-refractivity contribution in [3.63, 3.8) is 0 Å². The third kappa shape index (κ3) is 5.31. The molecule has 4 rings (SSSR count). The Kier molecular flexibility index (Phi) is 7.66. The van der Waals surface area contributed by atoms with Gasteiger partial charge in [0.25, 0.3) is 0 Å². The fourth-order valence-corrected chi connectivity index (χ4v) is 5.35. The summed E-state index contributed by atoms with van der Waals surface area (Å²) in [6, 6.07) is 0. The number of morpholine rings is 1. The molecule has 0 radical (unpaired) electrons. The Labute approximate surface area is 185 Å². The van der Waals surface area contributed by atoms with E-state index in [4.69, 9.17) is 4.74 Å². The van der Waals surface area contributed by atoms with E-state index in [0.717, 1.165) is 83.4 Å². The first-order valence-corrected chi connectivity index (χ1v) is 12.2. The van der Waals surface area contributed by atoms with E-state index in [1.807, 2.05) is 11.6 Å². The minimum Gasteiger partial charge on any atom is -0.379 e. The number of aromatic nitrogens is 3. The van der Waals surface area contributed by atoms with Crippen molar-refractivity contribution in [2.24, 2.45) is 4.99 Å². The molecule has 1 saturated carbocycles. The van der Waals surface area contributed by atoms with Gasteiger partial charge in [-0.1, -0.05) is 19.3 Å². The van der Waals surface area contributed by atoms with Gasteiger partial charge in [-0.25, -0.2) is 9.48 Å². The predicted octanol–water partition coefficient (Wildman–Crippen LogP) is 0.971. The van der Waals surface area contributed by atoms with Crippen LogP contribution in [0.4, 0.5) is 0 Å². The van der Waals surface area contributed by atoms with Crippen LogP contribution in [0.3, 0.4) is 0 Å². The van der Waals surface area contributed by atoms with Gasteiger partial charge in [-0.2, -0.15) is 5.10 Å². The van der Waals surface area contributed by atoms with Gasteiger partial charge >= 0.3 is 5.69 Å². The van der Waals surface area contributed by atoms with Crippen molar-refractivity contribution in [3.05, 3.63) is 16.3 Å². The van der Waals surface area contributed by atoms with Crippen molar-refractivity contribution in [3.8, 4) is 0 Å². The van der Waals surface area contributed by atoms with Gasteiger partial charge in [0.15, 0.2) is 5.96 Å². The Morgan fingerprint density at radius 1 is 1.10 bits per heavy atom. The molecule has 0 atom stereocenters. The number of rotatable bonds is 7. The van der Waals surface area contributed by atoms with E-state index in [-0.39, 0.29) is 11.2 Å². The summed E-state index contributed by atoms with van der Waals surface area (Å²) >= 11 is 0. The number of fused-ring (bicyclic) bond motifs is 1. The summed E-state index contributed by atoms with van der Waals surface area (Å²) in [5, 5.41) is 11.5. The fourth-order valence-electron chi connectivity index (χ4n) is 5.35. The van der Waals surface area contributed by atoms with Crippen LogP contribution < -0.4 is 16.3 Å². The molecule has 0 spiro atoms. The lowest BCUT2D eigenvalue weighted by atomic mass is 9.80.